The number of nitrogens with one attached hydrogen (secondary N) is 1. The van der Waals surface area contributed by atoms with E-state index in [1.165, 1.54) is 16.6 Å². The Bertz CT molecular complexity index is 944. The molecule has 0 fully saturated rings. The number of nitrogens with zero attached hydrogens (tertiary/aromatic N) is 1. The van der Waals surface area contributed by atoms with Gasteiger partial charge in [-0.3, -0.25) is 9.10 Å². The lowest BCUT2D eigenvalue weighted by molar-refractivity contribution is 0.102. The summed E-state index contributed by atoms with van der Waals surface area (Å²) < 4.78 is 25.9. The van der Waals surface area contributed by atoms with Gasteiger partial charge in [0.25, 0.3) is 5.91 Å². The van der Waals surface area contributed by atoms with Gasteiger partial charge in [-0.05, 0) is 54.8 Å². The molecule has 1 aliphatic heterocycles. The lowest BCUT2D eigenvalue weighted by Gasteiger charge is -2.29. The summed E-state index contributed by atoms with van der Waals surface area (Å²) >= 11 is 3.24. The van der Waals surface area contributed by atoms with Gasteiger partial charge in [-0.25, -0.2) is 8.42 Å². The molecule has 6 nitrogen and oxygen atoms in total. The van der Waals surface area contributed by atoms with Crippen LogP contribution >= 0.6 is 15.9 Å². The van der Waals surface area contributed by atoms with Crippen molar-refractivity contribution in [2.24, 2.45) is 0 Å². The Morgan fingerprint density at radius 3 is 2.68 bits per heavy atom. The number of amides is 1. The first-order chi connectivity index (χ1) is 11.8. The van der Waals surface area contributed by atoms with Crippen LogP contribution in [0, 0.1) is 0 Å². The summed E-state index contributed by atoms with van der Waals surface area (Å²) in [5, 5.41) is 12.5. The molecule has 132 valence electrons. The van der Waals surface area contributed by atoms with Crippen molar-refractivity contribution < 1.29 is 18.3 Å². The number of phenols is 1. The van der Waals surface area contributed by atoms with Crippen molar-refractivity contribution >= 4 is 43.2 Å². The van der Waals surface area contributed by atoms with Crippen LogP contribution in [0.4, 0.5) is 11.4 Å². The molecule has 0 aliphatic carbocycles. The highest BCUT2D eigenvalue weighted by Gasteiger charge is 2.24. The third-order valence-electron chi connectivity index (χ3n) is 4.03. The SMILES string of the molecule is CS(=O)(=O)N1CCCc2cc(C(=O)Nc3ccc(Br)cc3O)ccc21. The zero-order valence-corrected chi connectivity index (χ0v) is 15.9. The maximum atomic E-state index is 12.4. The Hall–Kier alpha value is -2.06. The maximum absolute atomic E-state index is 12.4. The van der Waals surface area contributed by atoms with Gasteiger partial charge in [-0.15, -0.1) is 0 Å². The second-order valence-corrected chi connectivity index (χ2v) is 8.72. The largest absolute Gasteiger partial charge is 0.506 e. The normalized spacial score (nSPS) is 14.1. The number of aromatic hydroxyl groups is 1. The van der Waals surface area contributed by atoms with Crippen molar-refractivity contribution in [3.63, 3.8) is 0 Å². The van der Waals surface area contributed by atoms with Crippen LogP contribution in [0.1, 0.15) is 22.3 Å². The fourth-order valence-corrected chi connectivity index (χ4v) is 4.20. The van der Waals surface area contributed by atoms with Gasteiger partial charge in [0.05, 0.1) is 17.6 Å². The summed E-state index contributed by atoms with van der Waals surface area (Å²) in [5.41, 5.74) is 2.17. The first kappa shape index (κ1) is 17.8. The number of sulfonamides is 1. The first-order valence-electron chi connectivity index (χ1n) is 7.66. The minimum atomic E-state index is -3.34. The minimum Gasteiger partial charge on any atom is -0.506 e. The predicted molar refractivity (Wildman–Crippen MR) is 101 cm³/mol. The molecule has 2 aromatic carbocycles. The van der Waals surface area contributed by atoms with E-state index in [0.29, 0.717) is 40.8 Å². The van der Waals surface area contributed by atoms with Gasteiger partial charge >= 0.3 is 0 Å². The Balaban J connectivity index is 1.88. The van der Waals surface area contributed by atoms with Crippen molar-refractivity contribution in [1.29, 1.82) is 0 Å². The molecule has 0 saturated heterocycles. The number of phenolic OH excluding ortho intramolecular Hbond substituents is 1. The molecule has 8 heteroatoms. The molecule has 3 rings (SSSR count). The second kappa shape index (κ2) is 6.68. The van der Waals surface area contributed by atoms with E-state index >= 15 is 0 Å². The smallest absolute Gasteiger partial charge is 0.255 e. The van der Waals surface area contributed by atoms with Crippen LogP contribution in [-0.2, 0) is 16.4 Å². The predicted octanol–water partition coefficient (Wildman–Crippen LogP) is 3.12. The number of fused-ring (bicyclic) bond motifs is 1. The van der Waals surface area contributed by atoms with Crippen LogP contribution in [0.2, 0.25) is 0 Å². The molecule has 0 saturated carbocycles. The van der Waals surface area contributed by atoms with E-state index in [0.717, 1.165) is 5.56 Å². The maximum Gasteiger partial charge on any atom is 0.255 e. The van der Waals surface area contributed by atoms with Gasteiger partial charge in [0, 0.05) is 16.6 Å². The molecule has 25 heavy (non-hydrogen) atoms. The summed E-state index contributed by atoms with van der Waals surface area (Å²) in [7, 11) is -3.34. The monoisotopic (exact) mass is 424 g/mol. The van der Waals surface area contributed by atoms with Crippen LogP contribution in [0.3, 0.4) is 0 Å². The van der Waals surface area contributed by atoms with Crippen molar-refractivity contribution in [2.75, 3.05) is 22.4 Å². The molecule has 0 radical (unpaired) electrons. The summed E-state index contributed by atoms with van der Waals surface area (Å²) in [6.07, 6.45) is 2.60. The summed E-state index contributed by atoms with van der Waals surface area (Å²) in [4.78, 5) is 12.4. The number of benzene rings is 2. The van der Waals surface area contributed by atoms with Gasteiger partial charge in [0.15, 0.2) is 0 Å². The standard InChI is InChI=1S/C17H17BrN2O4S/c1-25(23,24)20-8-2-3-11-9-12(4-7-15(11)20)17(22)19-14-6-5-13(18)10-16(14)21/h4-7,9-10,21H,2-3,8H2,1H3,(H,19,22). The molecule has 1 amide bonds. The van der Waals surface area contributed by atoms with Crippen LogP contribution in [0.15, 0.2) is 40.9 Å². The third-order valence-corrected chi connectivity index (χ3v) is 5.70. The summed E-state index contributed by atoms with van der Waals surface area (Å²) in [6, 6.07) is 9.76. The van der Waals surface area contributed by atoms with Crippen molar-refractivity contribution in [2.45, 2.75) is 12.8 Å². The van der Waals surface area contributed by atoms with E-state index in [1.54, 1.807) is 30.3 Å². The highest BCUT2D eigenvalue weighted by molar-refractivity contribution is 9.10. The first-order valence-corrected chi connectivity index (χ1v) is 10.3. The lowest BCUT2D eigenvalue weighted by atomic mass is 10.0. The van der Waals surface area contributed by atoms with Gasteiger partial charge in [-0.2, -0.15) is 0 Å². The second-order valence-electron chi connectivity index (χ2n) is 5.90. The molecule has 0 unspecified atom stereocenters. The van der Waals surface area contributed by atoms with E-state index < -0.39 is 10.0 Å². The van der Waals surface area contributed by atoms with Crippen molar-refractivity contribution in [3.8, 4) is 5.75 Å². The fourth-order valence-electron chi connectivity index (χ4n) is 2.85. The van der Waals surface area contributed by atoms with Gasteiger partial charge in [0.2, 0.25) is 10.0 Å². The van der Waals surface area contributed by atoms with Gasteiger partial charge in [0.1, 0.15) is 5.75 Å². The van der Waals surface area contributed by atoms with Gasteiger partial charge in [-0.1, -0.05) is 15.9 Å². The average molecular weight is 425 g/mol. The lowest BCUT2D eigenvalue weighted by Crippen LogP contribution is -2.34. The summed E-state index contributed by atoms with van der Waals surface area (Å²) in [5.74, 6) is -0.402. The van der Waals surface area contributed by atoms with E-state index in [-0.39, 0.29) is 11.7 Å². The Morgan fingerprint density at radius 1 is 1.24 bits per heavy atom. The molecule has 2 aromatic rings. The van der Waals surface area contributed by atoms with E-state index in [2.05, 4.69) is 21.2 Å². The minimum absolute atomic E-state index is 0.0380. The highest BCUT2D eigenvalue weighted by atomic mass is 79.9. The van der Waals surface area contributed by atoms with Crippen LogP contribution in [0.25, 0.3) is 0 Å². The Kier molecular flexibility index (Phi) is 4.75. The van der Waals surface area contributed by atoms with E-state index in [4.69, 9.17) is 0 Å². The zero-order chi connectivity index (χ0) is 18.2. The molecule has 1 aliphatic rings. The number of anilines is 2. The number of aryl methyl sites for hydroxylation is 1. The molecule has 2 N–H and O–H groups in total. The van der Waals surface area contributed by atoms with E-state index in [1.807, 2.05) is 0 Å². The number of hydrogen-bond donors (Lipinski definition) is 2. The third kappa shape index (κ3) is 3.80. The number of halogens is 1. The number of rotatable bonds is 3. The zero-order valence-electron chi connectivity index (χ0n) is 13.5. The number of carbonyl (C=O) groups excluding carboxylic acids is 1. The quantitative estimate of drug-likeness (QED) is 0.740. The molecule has 1 heterocycles. The highest BCUT2D eigenvalue weighted by Crippen LogP contribution is 2.31. The topological polar surface area (TPSA) is 86.7 Å². The average Bonchev–Trinajstić information content (AvgIpc) is 2.55. The number of carbonyl (C=O) groups is 1. The molecule has 0 bridgehead atoms. The van der Waals surface area contributed by atoms with Crippen molar-refractivity contribution in [1.82, 2.24) is 0 Å². The van der Waals surface area contributed by atoms with Crippen LogP contribution in [0.5, 0.6) is 5.75 Å². The van der Waals surface area contributed by atoms with Crippen LogP contribution in [-0.4, -0.2) is 32.2 Å². The molecular weight excluding hydrogens is 408 g/mol. The Morgan fingerprint density at radius 2 is 2.00 bits per heavy atom. The molecule has 0 atom stereocenters. The Labute approximate surface area is 154 Å². The summed E-state index contributed by atoms with van der Waals surface area (Å²) in [6.45, 7) is 0.449. The van der Waals surface area contributed by atoms with E-state index in [9.17, 15) is 18.3 Å². The molecular formula is C17H17BrN2O4S. The number of hydrogen-bond acceptors (Lipinski definition) is 4. The van der Waals surface area contributed by atoms with Crippen molar-refractivity contribution in [3.05, 3.63) is 52.0 Å². The molecule has 0 aromatic heterocycles. The van der Waals surface area contributed by atoms with Crippen LogP contribution < -0.4 is 9.62 Å². The molecule has 0 spiro atoms. The van der Waals surface area contributed by atoms with Gasteiger partial charge < -0.3 is 10.4 Å². The fraction of sp³-hybridized carbons (Fsp3) is 0.235.